The first kappa shape index (κ1) is 16.7. The largest absolute Gasteiger partial charge is 0.348 e. The zero-order valence-electron chi connectivity index (χ0n) is 15.3. The molecule has 0 radical (unpaired) electrons. The first-order valence-corrected chi connectivity index (χ1v) is 9.34. The predicted molar refractivity (Wildman–Crippen MR) is 101 cm³/mol. The lowest BCUT2D eigenvalue weighted by atomic mass is 9.87. The summed E-state index contributed by atoms with van der Waals surface area (Å²) in [5.41, 5.74) is 1.88. The molecule has 8 heteroatoms. The molecule has 5 rings (SSSR count). The molecule has 3 aromatic rings. The number of para-hydroxylation sites is 1. The number of hydrogen-bond acceptors (Lipinski definition) is 4. The normalized spacial score (nSPS) is 17.6. The molecule has 4 heterocycles. The molecular formula is C20H20N6O2. The third kappa shape index (κ3) is 2.87. The van der Waals surface area contributed by atoms with Crippen LogP contribution in [0.5, 0.6) is 0 Å². The highest BCUT2D eigenvalue weighted by Gasteiger charge is 2.49. The molecule has 142 valence electrons. The van der Waals surface area contributed by atoms with Crippen LogP contribution in [0.3, 0.4) is 0 Å². The van der Waals surface area contributed by atoms with Gasteiger partial charge >= 0.3 is 0 Å². The number of hydrogen-bond donors (Lipinski definition) is 1. The van der Waals surface area contributed by atoms with Crippen LogP contribution >= 0.6 is 0 Å². The van der Waals surface area contributed by atoms with Gasteiger partial charge in [-0.05, 0) is 30.7 Å². The molecule has 1 spiro atoms. The zero-order chi connectivity index (χ0) is 19.1. The van der Waals surface area contributed by atoms with E-state index in [2.05, 4.69) is 15.6 Å². The summed E-state index contributed by atoms with van der Waals surface area (Å²) in [6, 6.07) is 11.3. The smallest absolute Gasteiger partial charge is 0.256 e. The number of nitrogens with zero attached hydrogens (tertiary/aromatic N) is 5. The Labute approximate surface area is 161 Å². The van der Waals surface area contributed by atoms with Crippen molar-refractivity contribution < 1.29 is 9.59 Å². The van der Waals surface area contributed by atoms with E-state index in [9.17, 15) is 9.59 Å². The molecule has 2 aliphatic heterocycles. The first-order chi connectivity index (χ1) is 13.6. The maximum absolute atomic E-state index is 13.1. The van der Waals surface area contributed by atoms with Crippen molar-refractivity contribution in [1.29, 1.82) is 0 Å². The molecule has 1 aromatic carbocycles. The summed E-state index contributed by atoms with van der Waals surface area (Å²) >= 11 is 0. The second kappa shape index (κ2) is 6.33. The van der Waals surface area contributed by atoms with Crippen LogP contribution in [0.2, 0.25) is 0 Å². The fraction of sp³-hybridized carbons (Fsp3) is 0.300. The van der Waals surface area contributed by atoms with Crippen LogP contribution in [-0.2, 0) is 11.3 Å². The monoisotopic (exact) mass is 376 g/mol. The highest BCUT2D eigenvalue weighted by atomic mass is 16.2. The van der Waals surface area contributed by atoms with Crippen LogP contribution in [0.15, 0.2) is 55.0 Å². The van der Waals surface area contributed by atoms with E-state index in [0.717, 1.165) is 12.1 Å². The standard InChI is InChI=1S/C20H20N6O2/c27-18-7-8-20(21-18)13-25(14-20)19(28)16-5-1-2-6-17(16)26-12-15(22-23-26)11-24-9-3-4-10-24/h1-6,9-10,12H,7-8,11,13-14H2,(H,21,27). The van der Waals surface area contributed by atoms with Crippen LogP contribution in [0.25, 0.3) is 5.69 Å². The minimum atomic E-state index is -0.223. The van der Waals surface area contributed by atoms with Crippen molar-refractivity contribution in [3.63, 3.8) is 0 Å². The van der Waals surface area contributed by atoms with Gasteiger partial charge in [0.05, 0.1) is 29.5 Å². The maximum atomic E-state index is 13.1. The first-order valence-electron chi connectivity index (χ1n) is 9.34. The fourth-order valence-electron chi connectivity index (χ4n) is 4.01. The van der Waals surface area contributed by atoms with Gasteiger partial charge in [-0.15, -0.1) is 5.10 Å². The lowest BCUT2D eigenvalue weighted by Gasteiger charge is -2.47. The average Bonchev–Trinajstić information content (AvgIpc) is 3.42. The Balaban J connectivity index is 1.36. The Bertz CT molecular complexity index is 1030. The summed E-state index contributed by atoms with van der Waals surface area (Å²) < 4.78 is 3.67. The van der Waals surface area contributed by atoms with Gasteiger partial charge in [0.1, 0.15) is 5.69 Å². The highest BCUT2D eigenvalue weighted by Crippen LogP contribution is 2.32. The van der Waals surface area contributed by atoms with E-state index in [1.54, 1.807) is 9.58 Å². The molecule has 2 fully saturated rings. The lowest BCUT2D eigenvalue weighted by molar-refractivity contribution is -0.120. The second-order valence-corrected chi connectivity index (χ2v) is 7.52. The van der Waals surface area contributed by atoms with Crippen LogP contribution in [0.1, 0.15) is 28.9 Å². The quantitative estimate of drug-likeness (QED) is 0.742. The van der Waals surface area contributed by atoms with Gasteiger partial charge < -0.3 is 14.8 Å². The number of carbonyl (C=O) groups excluding carboxylic acids is 2. The number of amides is 2. The van der Waals surface area contributed by atoms with Crippen molar-refractivity contribution in [2.45, 2.75) is 24.9 Å². The Morgan fingerprint density at radius 1 is 1.14 bits per heavy atom. The topological polar surface area (TPSA) is 85.1 Å². The molecule has 0 unspecified atom stereocenters. The summed E-state index contributed by atoms with van der Waals surface area (Å²) in [4.78, 5) is 26.4. The molecule has 1 N–H and O–H groups in total. The van der Waals surface area contributed by atoms with Crippen molar-refractivity contribution in [2.75, 3.05) is 13.1 Å². The lowest BCUT2D eigenvalue weighted by Crippen LogP contribution is -2.68. The molecule has 0 saturated carbocycles. The Morgan fingerprint density at radius 3 is 2.68 bits per heavy atom. The highest BCUT2D eigenvalue weighted by molar-refractivity contribution is 5.98. The van der Waals surface area contributed by atoms with Gasteiger partial charge in [0.2, 0.25) is 5.91 Å². The van der Waals surface area contributed by atoms with Crippen LogP contribution in [-0.4, -0.2) is 54.9 Å². The van der Waals surface area contributed by atoms with Crippen molar-refractivity contribution in [1.82, 2.24) is 29.8 Å². The molecule has 28 heavy (non-hydrogen) atoms. The number of likely N-dealkylation sites (tertiary alicyclic amines) is 1. The number of aromatic nitrogens is 4. The van der Waals surface area contributed by atoms with Crippen molar-refractivity contribution in [3.8, 4) is 5.69 Å². The second-order valence-electron chi connectivity index (χ2n) is 7.52. The Kier molecular flexibility index (Phi) is 3.78. The Morgan fingerprint density at radius 2 is 1.93 bits per heavy atom. The van der Waals surface area contributed by atoms with Crippen LogP contribution in [0.4, 0.5) is 0 Å². The van der Waals surface area contributed by atoms with Gasteiger partial charge in [0.15, 0.2) is 0 Å². The molecule has 0 bridgehead atoms. The minimum Gasteiger partial charge on any atom is -0.348 e. The number of nitrogens with one attached hydrogen (secondary N) is 1. The van der Waals surface area contributed by atoms with E-state index in [-0.39, 0.29) is 17.4 Å². The van der Waals surface area contributed by atoms with Crippen molar-refractivity contribution in [2.24, 2.45) is 0 Å². The number of carbonyl (C=O) groups is 2. The van der Waals surface area contributed by atoms with E-state index in [0.29, 0.717) is 37.3 Å². The molecule has 2 aliphatic rings. The SMILES string of the molecule is O=C1CCC2(CN(C(=O)c3ccccc3-n3cc(Cn4cccc4)nn3)C2)N1. The van der Waals surface area contributed by atoms with Crippen molar-refractivity contribution >= 4 is 11.8 Å². The molecule has 8 nitrogen and oxygen atoms in total. The van der Waals surface area contributed by atoms with E-state index in [1.165, 1.54) is 0 Å². The molecule has 0 atom stereocenters. The molecule has 0 aliphatic carbocycles. The van der Waals surface area contributed by atoms with Gasteiger partial charge in [-0.1, -0.05) is 17.3 Å². The van der Waals surface area contributed by atoms with Gasteiger partial charge in [0.25, 0.3) is 5.91 Å². The van der Waals surface area contributed by atoms with E-state index in [1.807, 2.05) is 59.6 Å². The average molecular weight is 376 g/mol. The third-order valence-corrected chi connectivity index (χ3v) is 5.44. The van der Waals surface area contributed by atoms with Crippen molar-refractivity contribution in [3.05, 3.63) is 66.2 Å². The third-order valence-electron chi connectivity index (χ3n) is 5.44. The van der Waals surface area contributed by atoms with Gasteiger partial charge in [0, 0.05) is 31.9 Å². The van der Waals surface area contributed by atoms with Gasteiger partial charge in [-0.25, -0.2) is 4.68 Å². The Hall–Kier alpha value is -3.42. The van der Waals surface area contributed by atoms with Crippen LogP contribution in [0, 0.1) is 0 Å². The van der Waals surface area contributed by atoms with E-state index < -0.39 is 0 Å². The van der Waals surface area contributed by atoms with E-state index in [4.69, 9.17) is 0 Å². The summed E-state index contributed by atoms with van der Waals surface area (Å²) in [6.07, 6.45) is 7.13. The van der Waals surface area contributed by atoms with Crippen LogP contribution < -0.4 is 5.32 Å². The summed E-state index contributed by atoms with van der Waals surface area (Å²) in [6.45, 7) is 1.74. The predicted octanol–water partition coefficient (Wildman–Crippen LogP) is 1.22. The van der Waals surface area contributed by atoms with E-state index >= 15 is 0 Å². The zero-order valence-corrected chi connectivity index (χ0v) is 15.3. The van der Waals surface area contributed by atoms with Gasteiger partial charge in [-0.2, -0.15) is 0 Å². The number of rotatable bonds is 4. The maximum Gasteiger partial charge on any atom is 0.256 e. The molecule has 2 amide bonds. The molecular weight excluding hydrogens is 356 g/mol. The number of benzene rings is 1. The summed E-state index contributed by atoms with van der Waals surface area (Å²) in [5, 5.41) is 11.5. The summed E-state index contributed by atoms with van der Waals surface area (Å²) in [7, 11) is 0. The molecule has 2 saturated heterocycles. The summed E-state index contributed by atoms with van der Waals surface area (Å²) in [5.74, 6) is 0.0233. The van der Waals surface area contributed by atoms with Gasteiger partial charge in [-0.3, -0.25) is 9.59 Å². The minimum absolute atomic E-state index is 0.0511. The molecule has 2 aromatic heterocycles. The fourth-order valence-corrected chi connectivity index (χ4v) is 4.01.